The first kappa shape index (κ1) is 21.4. The van der Waals surface area contributed by atoms with E-state index in [1.165, 1.54) is 23.4 Å². The minimum Gasteiger partial charge on any atom is -0.338 e. The Balaban J connectivity index is 2.16. The zero-order chi connectivity index (χ0) is 19.6. The molecule has 152 valence electrons. The quantitative estimate of drug-likeness (QED) is 0.491. The van der Waals surface area contributed by atoms with Gasteiger partial charge in [-0.1, -0.05) is 31.4 Å². The van der Waals surface area contributed by atoms with Gasteiger partial charge in [0.1, 0.15) is 6.17 Å². The van der Waals surface area contributed by atoms with Crippen molar-refractivity contribution in [3.8, 4) is 0 Å². The molecular weight excluding hydrogens is 344 g/mol. The molecule has 27 heavy (non-hydrogen) atoms. The highest BCUT2D eigenvalue weighted by Crippen LogP contribution is 2.23. The number of amides is 3. The van der Waals surface area contributed by atoms with Crippen molar-refractivity contribution in [2.24, 2.45) is 5.92 Å². The number of allylic oxidation sites excluding steroid dienone is 1. The highest BCUT2D eigenvalue weighted by Gasteiger charge is 2.34. The van der Waals surface area contributed by atoms with Crippen molar-refractivity contribution in [1.29, 1.82) is 0 Å². The van der Waals surface area contributed by atoms with Crippen molar-refractivity contribution in [2.75, 3.05) is 26.7 Å². The lowest BCUT2D eigenvalue weighted by Crippen LogP contribution is -2.61. The molecule has 0 aromatic rings. The summed E-state index contributed by atoms with van der Waals surface area (Å²) in [5.41, 5.74) is 1.42. The number of hydrazine groups is 1. The average Bonchev–Trinajstić information content (AvgIpc) is 2.68. The number of unbranched alkanes of at least 4 members (excludes halogenated alkanes) is 1. The second-order valence-electron chi connectivity index (χ2n) is 7.61. The molecule has 3 amide bonds. The molecule has 0 spiro atoms. The lowest BCUT2D eigenvalue weighted by Gasteiger charge is -2.42. The molecule has 1 saturated heterocycles. The maximum atomic E-state index is 13.2. The molecule has 2 rings (SSSR count). The third-order valence-electron chi connectivity index (χ3n) is 5.61. The summed E-state index contributed by atoms with van der Waals surface area (Å²) < 4.78 is 0. The first-order chi connectivity index (χ1) is 13.1. The monoisotopic (exact) mass is 378 g/mol. The van der Waals surface area contributed by atoms with Crippen LogP contribution in [0, 0.1) is 5.92 Å². The Hall–Kier alpha value is -1.89. The molecule has 1 heterocycles. The standard InChI is InChI=1S/C20H34N4O3/c1-3-4-10-18-13-22(2)24(16-26)19(21-15-25)14-23(20(18)27)12-11-17-8-6-5-7-9-17/h8,15-16,18-19H,3-7,9-14H2,1-2H3,(H,21,25)/t18-,19?/m1/s1. The summed E-state index contributed by atoms with van der Waals surface area (Å²) in [7, 11) is 1.79. The Morgan fingerprint density at radius 3 is 2.70 bits per heavy atom. The van der Waals surface area contributed by atoms with E-state index in [4.69, 9.17) is 0 Å². The van der Waals surface area contributed by atoms with E-state index in [0.717, 1.165) is 44.9 Å². The van der Waals surface area contributed by atoms with E-state index in [0.29, 0.717) is 26.0 Å². The van der Waals surface area contributed by atoms with Crippen LogP contribution in [0.3, 0.4) is 0 Å². The second-order valence-corrected chi connectivity index (χ2v) is 7.61. The molecule has 7 nitrogen and oxygen atoms in total. The lowest BCUT2D eigenvalue weighted by molar-refractivity contribution is -0.157. The van der Waals surface area contributed by atoms with Gasteiger partial charge < -0.3 is 10.2 Å². The number of rotatable bonds is 9. The van der Waals surface area contributed by atoms with Crippen LogP contribution in [-0.2, 0) is 14.4 Å². The third kappa shape index (κ3) is 6.06. The topological polar surface area (TPSA) is 73.0 Å². The normalized spacial score (nSPS) is 24.8. The van der Waals surface area contributed by atoms with E-state index in [2.05, 4.69) is 18.3 Å². The highest BCUT2D eigenvalue weighted by atomic mass is 16.2. The Morgan fingerprint density at radius 1 is 1.26 bits per heavy atom. The molecule has 1 unspecified atom stereocenters. The molecule has 0 saturated carbocycles. The average molecular weight is 379 g/mol. The Bertz CT molecular complexity index is 537. The van der Waals surface area contributed by atoms with Crippen LogP contribution in [0.4, 0.5) is 0 Å². The number of hydrogen-bond donors (Lipinski definition) is 1. The minimum absolute atomic E-state index is 0.130. The van der Waals surface area contributed by atoms with Crippen molar-refractivity contribution < 1.29 is 14.4 Å². The van der Waals surface area contributed by atoms with Crippen LogP contribution in [0.15, 0.2) is 11.6 Å². The Kier molecular flexibility index (Phi) is 8.78. The maximum absolute atomic E-state index is 13.2. The smallest absolute Gasteiger partial charge is 0.227 e. The van der Waals surface area contributed by atoms with Gasteiger partial charge in [0.05, 0.1) is 12.5 Å². The van der Waals surface area contributed by atoms with Crippen molar-refractivity contribution >= 4 is 18.7 Å². The number of carbonyl (C=O) groups excluding carboxylic acids is 3. The summed E-state index contributed by atoms with van der Waals surface area (Å²) in [4.78, 5) is 37.8. The summed E-state index contributed by atoms with van der Waals surface area (Å²) >= 11 is 0. The van der Waals surface area contributed by atoms with E-state index < -0.39 is 6.17 Å². The van der Waals surface area contributed by atoms with Crippen LogP contribution in [0.25, 0.3) is 0 Å². The molecule has 2 aliphatic rings. The molecule has 2 atom stereocenters. The van der Waals surface area contributed by atoms with E-state index in [1.54, 1.807) is 12.1 Å². The van der Waals surface area contributed by atoms with Gasteiger partial charge in [-0.2, -0.15) is 0 Å². The fourth-order valence-corrected chi connectivity index (χ4v) is 4.01. The molecular formula is C20H34N4O3. The fraction of sp³-hybridized carbons (Fsp3) is 0.750. The molecule has 0 radical (unpaired) electrons. The van der Waals surface area contributed by atoms with Crippen LogP contribution in [0.1, 0.15) is 58.3 Å². The molecule has 7 heteroatoms. The predicted molar refractivity (Wildman–Crippen MR) is 104 cm³/mol. The van der Waals surface area contributed by atoms with Crippen molar-refractivity contribution in [2.45, 2.75) is 64.5 Å². The van der Waals surface area contributed by atoms with Gasteiger partial charge in [-0.15, -0.1) is 0 Å². The molecule has 1 aliphatic heterocycles. The Morgan fingerprint density at radius 2 is 2.07 bits per heavy atom. The molecule has 0 aromatic heterocycles. The number of hydrogen-bond acceptors (Lipinski definition) is 4. The van der Waals surface area contributed by atoms with Gasteiger partial charge in [0.15, 0.2) is 0 Å². The van der Waals surface area contributed by atoms with Gasteiger partial charge in [0.25, 0.3) is 0 Å². The van der Waals surface area contributed by atoms with Gasteiger partial charge in [-0.3, -0.25) is 19.4 Å². The molecule has 0 bridgehead atoms. The summed E-state index contributed by atoms with van der Waals surface area (Å²) in [6.45, 7) is 3.55. The summed E-state index contributed by atoms with van der Waals surface area (Å²) in [6.07, 6.45) is 11.5. The second kappa shape index (κ2) is 11.1. The van der Waals surface area contributed by atoms with Crippen molar-refractivity contribution in [1.82, 2.24) is 20.2 Å². The third-order valence-corrected chi connectivity index (χ3v) is 5.61. The molecule has 1 fully saturated rings. The van der Waals surface area contributed by atoms with E-state index >= 15 is 0 Å². The van der Waals surface area contributed by atoms with Crippen molar-refractivity contribution in [3.63, 3.8) is 0 Å². The van der Waals surface area contributed by atoms with E-state index in [9.17, 15) is 14.4 Å². The fourth-order valence-electron chi connectivity index (χ4n) is 4.01. The number of nitrogens with zero attached hydrogens (tertiary/aromatic N) is 3. The van der Waals surface area contributed by atoms with E-state index in [-0.39, 0.29) is 11.8 Å². The first-order valence-electron chi connectivity index (χ1n) is 10.2. The van der Waals surface area contributed by atoms with Crippen molar-refractivity contribution in [3.05, 3.63) is 11.6 Å². The molecule has 0 aromatic carbocycles. The summed E-state index contributed by atoms with van der Waals surface area (Å²) in [5.74, 6) is 0.00451. The van der Waals surface area contributed by atoms with Crippen LogP contribution in [0.2, 0.25) is 0 Å². The summed E-state index contributed by atoms with van der Waals surface area (Å²) in [5, 5.41) is 5.94. The minimum atomic E-state index is -0.540. The maximum Gasteiger partial charge on any atom is 0.227 e. The highest BCUT2D eigenvalue weighted by molar-refractivity contribution is 5.79. The number of nitrogens with one attached hydrogen (secondary N) is 1. The zero-order valence-electron chi connectivity index (χ0n) is 16.7. The van der Waals surface area contributed by atoms with Gasteiger partial charge in [-0.25, -0.2) is 5.01 Å². The van der Waals surface area contributed by atoms with Crippen LogP contribution in [-0.4, -0.2) is 66.5 Å². The molecule has 1 N–H and O–H groups in total. The largest absolute Gasteiger partial charge is 0.338 e. The van der Waals surface area contributed by atoms with Gasteiger partial charge in [0, 0.05) is 20.1 Å². The SMILES string of the molecule is CCCC[C@@H]1CN(C)N(C=O)C(NC=O)CN(CCC2=CCCCC2)C1=O. The van der Waals surface area contributed by atoms with Crippen LogP contribution >= 0.6 is 0 Å². The lowest BCUT2D eigenvalue weighted by atomic mass is 9.96. The molecule has 1 aliphatic carbocycles. The van der Waals surface area contributed by atoms with Gasteiger partial charge in [-0.05, 0) is 38.5 Å². The number of carbonyl (C=O) groups is 3. The summed E-state index contributed by atoms with van der Waals surface area (Å²) in [6, 6.07) is 0. The van der Waals surface area contributed by atoms with Crippen LogP contribution in [0.5, 0.6) is 0 Å². The predicted octanol–water partition coefficient (Wildman–Crippen LogP) is 1.90. The first-order valence-corrected chi connectivity index (χ1v) is 10.2. The van der Waals surface area contributed by atoms with Crippen LogP contribution < -0.4 is 5.32 Å². The van der Waals surface area contributed by atoms with E-state index in [1.807, 2.05) is 4.90 Å². The Labute approximate surface area is 162 Å². The van der Waals surface area contributed by atoms with Gasteiger partial charge >= 0.3 is 0 Å². The van der Waals surface area contributed by atoms with Gasteiger partial charge in [0.2, 0.25) is 18.7 Å². The zero-order valence-corrected chi connectivity index (χ0v) is 16.7.